The largest absolute Gasteiger partial charge is 0.465 e. The third-order valence-corrected chi connectivity index (χ3v) is 4.54. The van der Waals surface area contributed by atoms with E-state index >= 15 is 0 Å². The summed E-state index contributed by atoms with van der Waals surface area (Å²) in [6.45, 7) is 1.90. The molecule has 1 N–H and O–H groups in total. The van der Waals surface area contributed by atoms with Crippen LogP contribution in [0.25, 0.3) is 0 Å². The van der Waals surface area contributed by atoms with E-state index in [2.05, 4.69) is 10.1 Å². The van der Waals surface area contributed by atoms with Gasteiger partial charge in [-0.3, -0.25) is 4.79 Å². The minimum Gasteiger partial charge on any atom is -0.465 e. The summed E-state index contributed by atoms with van der Waals surface area (Å²) in [5, 5.41) is 2.86. The number of anilines is 1. The van der Waals surface area contributed by atoms with Crippen molar-refractivity contribution < 1.29 is 14.3 Å². The highest BCUT2D eigenvalue weighted by atomic mass is 32.2. The van der Waals surface area contributed by atoms with Crippen LogP contribution < -0.4 is 5.32 Å². The van der Waals surface area contributed by atoms with Gasteiger partial charge in [-0.15, -0.1) is 11.8 Å². The number of rotatable bonds is 6. The summed E-state index contributed by atoms with van der Waals surface area (Å²) in [5.74, 6) is 0.144. The molecule has 0 spiro atoms. The molecule has 5 heteroatoms. The first-order chi connectivity index (χ1) is 11.1. The standard InChI is InChI=1S/C18H19NO3S/c1-13(12-23-16-6-4-3-5-7-16)17(20)19-15-10-8-14(9-11-15)18(21)22-2/h3-11,13H,12H2,1-2H3,(H,19,20). The fourth-order valence-corrected chi connectivity index (χ4v) is 2.83. The molecule has 0 aromatic heterocycles. The van der Waals surface area contributed by atoms with Crippen LogP contribution in [0.1, 0.15) is 17.3 Å². The lowest BCUT2D eigenvalue weighted by Crippen LogP contribution is -2.22. The molecule has 23 heavy (non-hydrogen) atoms. The van der Waals surface area contributed by atoms with E-state index in [9.17, 15) is 9.59 Å². The Morgan fingerprint density at radius 1 is 1.09 bits per heavy atom. The van der Waals surface area contributed by atoms with Crippen LogP contribution in [0.15, 0.2) is 59.5 Å². The molecule has 1 unspecified atom stereocenters. The fourth-order valence-electron chi connectivity index (χ4n) is 1.89. The van der Waals surface area contributed by atoms with E-state index in [0.29, 0.717) is 17.0 Å². The van der Waals surface area contributed by atoms with Crippen molar-refractivity contribution in [2.75, 3.05) is 18.2 Å². The maximum Gasteiger partial charge on any atom is 0.337 e. The van der Waals surface area contributed by atoms with Gasteiger partial charge < -0.3 is 10.1 Å². The maximum atomic E-state index is 12.2. The molecular weight excluding hydrogens is 310 g/mol. The average Bonchev–Trinajstić information content (AvgIpc) is 2.60. The number of hydrogen-bond acceptors (Lipinski definition) is 4. The molecule has 1 amide bonds. The van der Waals surface area contributed by atoms with Crippen molar-refractivity contribution in [2.24, 2.45) is 5.92 Å². The molecule has 1 atom stereocenters. The van der Waals surface area contributed by atoms with Crippen molar-refractivity contribution in [1.29, 1.82) is 0 Å². The highest BCUT2D eigenvalue weighted by Crippen LogP contribution is 2.21. The van der Waals surface area contributed by atoms with Gasteiger partial charge >= 0.3 is 5.97 Å². The first-order valence-electron chi connectivity index (χ1n) is 7.27. The van der Waals surface area contributed by atoms with Gasteiger partial charge in [-0.2, -0.15) is 0 Å². The van der Waals surface area contributed by atoms with Gasteiger partial charge in [0.15, 0.2) is 0 Å². The number of hydrogen-bond donors (Lipinski definition) is 1. The molecule has 0 bridgehead atoms. The number of carbonyl (C=O) groups is 2. The van der Waals surface area contributed by atoms with Gasteiger partial charge in [-0.1, -0.05) is 25.1 Å². The van der Waals surface area contributed by atoms with Crippen LogP contribution in [-0.2, 0) is 9.53 Å². The molecule has 2 rings (SSSR count). The summed E-state index contributed by atoms with van der Waals surface area (Å²) in [6, 6.07) is 16.6. The van der Waals surface area contributed by atoms with E-state index in [1.54, 1.807) is 36.0 Å². The lowest BCUT2D eigenvalue weighted by Gasteiger charge is -2.12. The Balaban J connectivity index is 1.86. The second-order valence-electron chi connectivity index (χ2n) is 5.08. The van der Waals surface area contributed by atoms with Crippen LogP contribution in [0.4, 0.5) is 5.69 Å². The van der Waals surface area contributed by atoms with Crippen molar-refractivity contribution >= 4 is 29.3 Å². The van der Waals surface area contributed by atoms with Crippen molar-refractivity contribution in [3.8, 4) is 0 Å². The summed E-state index contributed by atoms with van der Waals surface area (Å²) < 4.78 is 4.64. The molecule has 0 radical (unpaired) electrons. The molecule has 0 saturated carbocycles. The monoisotopic (exact) mass is 329 g/mol. The average molecular weight is 329 g/mol. The molecule has 4 nitrogen and oxygen atoms in total. The first-order valence-corrected chi connectivity index (χ1v) is 8.26. The van der Waals surface area contributed by atoms with Gasteiger partial charge in [0.25, 0.3) is 0 Å². The Morgan fingerprint density at radius 3 is 2.35 bits per heavy atom. The minimum absolute atomic E-state index is 0.0424. The van der Waals surface area contributed by atoms with Crippen molar-refractivity contribution in [2.45, 2.75) is 11.8 Å². The molecule has 0 aliphatic rings. The molecule has 0 saturated heterocycles. The number of thioether (sulfide) groups is 1. The summed E-state index contributed by atoms with van der Waals surface area (Å²) in [6.07, 6.45) is 0. The fraction of sp³-hybridized carbons (Fsp3) is 0.222. The van der Waals surface area contributed by atoms with Crippen LogP contribution >= 0.6 is 11.8 Å². The molecule has 0 fully saturated rings. The third-order valence-electron chi connectivity index (χ3n) is 3.26. The highest BCUT2D eigenvalue weighted by molar-refractivity contribution is 7.99. The Labute approximate surface area is 140 Å². The van der Waals surface area contributed by atoms with E-state index in [1.807, 2.05) is 37.3 Å². The number of nitrogens with one attached hydrogen (secondary N) is 1. The molecule has 2 aromatic rings. The quantitative estimate of drug-likeness (QED) is 0.646. The maximum absolute atomic E-state index is 12.2. The molecule has 120 valence electrons. The summed E-state index contributed by atoms with van der Waals surface area (Å²) in [4.78, 5) is 24.7. The van der Waals surface area contributed by atoms with Gasteiger partial charge in [0.1, 0.15) is 0 Å². The SMILES string of the molecule is COC(=O)c1ccc(NC(=O)C(C)CSc2ccccc2)cc1. The van der Waals surface area contributed by atoms with Crippen molar-refractivity contribution in [3.63, 3.8) is 0 Å². The third kappa shape index (κ3) is 5.14. The minimum atomic E-state index is -0.393. The second kappa shape index (κ2) is 8.39. The van der Waals surface area contributed by atoms with Crippen LogP contribution in [-0.4, -0.2) is 24.7 Å². The van der Waals surface area contributed by atoms with Crippen LogP contribution in [0.2, 0.25) is 0 Å². The number of amides is 1. The van der Waals surface area contributed by atoms with Gasteiger partial charge in [0.05, 0.1) is 12.7 Å². The molecular formula is C18H19NO3S. The van der Waals surface area contributed by atoms with Crippen molar-refractivity contribution in [3.05, 3.63) is 60.2 Å². The molecule has 0 aliphatic carbocycles. The normalized spacial score (nSPS) is 11.6. The Kier molecular flexibility index (Phi) is 6.23. The number of methoxy groups -OCH3 is 1. The lowest BCUT2D eigenvalue weighted by atomic mass is 10.1. The molecule has 2 aromatic carbocycles. The van der Waals surface area contributed by atoms with Crippen LogP contribution in [0, 0.1) is 5.92 Å². The van der Waals surface area contributed by atoms with E-state index in [1.165, 1.54) is 7.11 Å². The Bertz CT molecular complexity index is 656. The van der Waals surface area contributed by atoms with E-state index in [-0.39, 0.29) is 11.8 Å². The summed E-state index contributed by atoms with van der Waals surface area (Å²) in [7, 11) is 1.34. The molecule has 0 aliphatic heterocycles. The summed E-state index contributed by atoms with van der Waals surface area (Å²) >= 11 is 1.65. The number of carbonyl (C=O) groups excluding carboxylic acids is 2. The Hall–Kier alpha value is -2.27. The molecule has 0 heterocycles. The number of ether oxygens (including phenoxy) is 1. The topological polar surface area (TPSA) is 55.4 Å². The van der Waals surface area contributed by atoms with Gasteiger partial charge in [0, 0.05) is 22.3 Å². The lowest BCUT2D eigenvalue weighted by molar-refractivity contribution is -0.118. The first kappa shape index (κ1) is 17.1. The van der Waals surface area contributed by atoms with Gasteiger partial charge in [-0.05, 0) is 36.4 Å². The second-order valence-corrected chi connectivity index (χ2v) is 6.18. The Morgan fingerprint density at radius 2 is 1.74 bits per heavy atom. The summed E-state index contributed by atoms with van der Waals surface area (Å²) in [5.41, 5.74) is 1.12. The predicted molar refractivity (Wildman–Crippen MR) is 92.7 cm³/mol. The number of esters is 1. The van der Waals surface area contributed by atoms with E-state index in [4.69, 9.17) is 0 Å². The predicted octanol–water partition coefficient (Wildman–Crippen LogP) is 3.84. The highest BCUT2D eigenvalue weighted by Gasteiger charge is 2.14. The zero-order chi connectivity index (χ0) is 16.7. The zero-order valence-corrected chi connectivity index (χ0v) is 13.9. The van der Waals surface area contributed by atoms with E-state index < -0.39 is 5.97 Å². The smallest absolute Gasteiger partial charge is 0.337 e. The zero-order valence-electron chi connectivity index (χ0n) is 13.1. The number of benzene rings is 2. The van der Waals surface area contributed by atoms with Crippen molar-refractivity contribution in [1.82, 2.24) is 0 Å². The van der Waals surface area contributed by atoms with Crippen LogP contribution in [0.5, 0.6) is 0 Å². The van der Waals surface area contributed by atoms with Crippen LogP contribution in [0.3, 0.4) is 0 Å². The van der Waals surface area contributed by atoms with E-state index in [0.717, 1.165) is 4.90 Å². The van der Waals surface area contributed by atoms with Gasteiger partial charge in [0.2, 0.25) is 5.91 Å². The van der Waals surface area contributed by atoms with Gasteiger partial charge in [-0.25, -0.2) is 4.79 Å².